The van der Waals surface area contributed by atoms with Crippen LogP contribution in [0.15, 0.2) is 53.1 Å². The Morgan fingerprint density at radius 1 is 1.05 bits per heavy atom. The summed E-state index contributed by atoms with van der Waals surface area (Å²) < 4.78 is 19.1. The zero-order chi connectivity index (χ0) is 13.4. The Bertz CT molecular complexity index is 730. The molecule has 0 saturated carbocycles. The van der Waals surface area contributed by atoms with Crippen LogP contribution in [-0.4, -0.2) is 5.11 Å². The van der Waals surface area contributed by atoms with E-state index in [9.17, 15) is 9.50 Å². The molecule has 1 unspecified atom stereocenters. The van der Waals surface area contributed by atoms with Crippen LogP contribution in [0.2, 0.25) is 0 Å². The Kier molecular flexibility index (Phi) is 2.84. The topological polar surface area (TPSA) is 33.4 Å². The van der Waals surface area contributed by atoms with Crippen LogP contribution in [0.25, 0.3) is 10.8 Å². The number of fused-ring (bicyclic) bond motifs is 1. The van der Waals surface area contributed by atoms with Crippen molar-refractivity contribution < 1.29 is 13.9 Å². The zero-order valence-electron chi connectivity index (χ0n) is 10.4. The Morgan fingerprint density at radius 2 is 1.79 bits per heavy atom. The van der Waals surface area contributed by atoms with E-state index in [1.54, 1.807) is 36.6 Å². The number of aliphatic hydroxyl groups is 1. The minimum absolute atomic E-state index is 0.289. The summed E-state index contributed by atoms with van der Waals surface area (Å²) in [6, 6.07) is 11.9. The highest BCUT2D eigenvalue weighted by molar-refractivity contribution is 5.86. The molecule has 1 N–H and O–H groups in total. The van der Waals surface area contributed by atoms with Crippen molar-refractivity contribution in [3.63, 3.8) is 0 Å². The highest BCUT2D eigenvalue weighted by Gasteiger charge is 2.19. The molecule has 19 heavy (non-hydrogen) atoms. The Balaban J connectivity index is 2.21. The number of benzene rings is 2. The standard InChI is InChI=1S/C16H13FO2/c1-10-8-9-19-16(10)15(18)13-6-7-14(17)12-5-3-2-4-11(12)13/h2-9,15,18H,1H3. The molecular weight excluding hydrogens is 243 g/mol. The Hall–Kier alpha value is -2.13. The van der Waals surface area contributed by atoms with Gasteiger partial charge in [0.25, 0.3) is 0 Å². The van der Waals surface area contributed by atoms with Gasteiger partial charge in [0.1, 0.15) is 17.7 Å². The molecule has 0 aliphatic heterocycles. The summed E-state index contributed by atoms with van der Waals surface area (Å²) in [5.41, 5.74) is 1.52. The summed E-state index contributed by atoms with van der Waals surface area (Å²) in [6.45, 7) is 1.87. The van der Waals surface area contributed by atoms with Crippen molar-refractivity contribution in [3.05, 3.63) is 71.4 Å². The molecule has 2 nitrogen and oxygen atoms in total. The molecule has 0 fully saturated rings. The number of hydrogen-bond acceptors (Lipinski definition) is 2. The van der Waals surface area contributed by atoms with E-state index in [-0.39, 0.29) is 5.82 Å². The molecule has 0 bridgehead atoms. The van der Waals surface area contributed by atoms with Gasteiger partial charge in [0.2, 0.25) is 0 Å². The Morgan fingerprint density at radius 3 is 2.47 bits per heavy atom. The molecular formula is C16H13FO2. The lowest BCUT2D eigenvalue weighted by molar-refractivity contribution is 0.189. The van der Waals surface area contributed by atoms with Crippen LogP contribution in [0.5, 0.6) is 0 Å². The van der Waals surface area contributed by atoms with Crippen molar-refractivity contribution in [2.75, 3.05) is 0 Å². The predicted octanol–water partition coefficient (Wildman–Crippen LogP) is 3.96. The minimum Gasteiger partial charge on any atom is -0.466 e. The molecule has 1 atom stereocenters. The van der Waals surface area contributed by atoms with Gasteiger partial charge in [0.05, 0.1) is 6.26 Å². The summed E-state index contributed by atoms with van der Waals surface area (Å²) in [7, 11) is 0. The van der Waals surface area contributed by atoms with Crippen LogP contribution in [-0.2, 0) is 0 Å². The molecule has 0 radical (unpaired) electrons. The normalized spacial score (nSPS) is 12.8. The average Bonchev–Trinajstić information content (AvgIpc) is 2.85. The van der Waals surface area contributed by atoms with E-state index >= 15 is 0 Å². The summed E-state index contributed by atoms with van der Waals surface area (Å²) in [6.07, 6.45) is 0.653. The summed E-state index contributed by atoms with van der Waals surface area (Å²) in [4.78, 5) is 0. The SMILES string of the molecule is Cc1ccoc1C(O)c1ccc(F)c2ccccc12. The van der Waals surface area contributed by atoms with Gasteiger partial charge in [-0.2, -0.15) is 0 Å². The molecule has 96 valence electrons. The van der Waals surface area contributed by atoms with Crippen LogP contribution in [0.4, 0.5) is 4.39 Å². The summed E-state index contributed by atoms with van der Waals surface area (Å²) in [5.74, 6) is 0.208. The highest BCUT2D eigenvalue weighted by atomic mass is 19.1. The molecule has 0 aliphatic carbocycles. The molecule has 3 rings (SSSR count). The predicted molar refractivity (Wildman–Crippen MR) is 71.4 cm³/mol. The third-order valence-corrected chi connectivity index (χ3v) is 3.35. The van der Waals surface area contributed by atoms with Crippen molar-refractivity contribution in [2.24, 2.45) is 0 Å². The van der Waals surface area contributed by atoms with Gasteiger partial charge in [-0.3, -0.25) is 0 Å². The molecule has 3 heteroatoms. The second-order valence-electron chi connectivity index (χ2n) is 4.55. The average molecular weight is 256 g/mol. The van der Waals surface area contributed by atoms with Crippen molar-refractivity contribution in [1.82, 2.24) is 0 Å². The molecule has 0 aliphatic rings. The first-order chi connectivity index (χ1) is 9.18. The lowest BCUT2D eigenvalue weighted by Crippen LogP contribution is -2.01. The number of halogens is 1. The first-order valence-electron chi connectivity index (χ1n) is 6.07. The molecule has 3 aromatic rings. The van der Waals surface area contributed by atoms with E-state index in [1.165, 1.54) is 6.07 Å². The number of rotatable bonds is 2. The fourth-order valence-electron chi connectivity index (χ4n) is 2.33. The summed E-state index contributed by atoms with van der Waals surface area (Å²) >= 11 is 0. The van der Waals surface area contributed by atoms with Gasteiger partial charge in [-0.1, -0.05) is 30.3 Å². The highest BCUT2D eigenvalue weighted by Crippen LogP contribution is 2.31. The van der Waals surface area contributed by atoms with Crippen molar-refractivity contribution >= 4 is 10.8 Å². The maximum Gasteiger partial charge on any atom is 0.139 e. The van der Waals surface area contributed by atoms with E-state index in [4.69, 9.17) is 4.42 Å². The lowest BCUT2D eigenvalue weighted by Gasteiger charge is -2.13. The van der Waals surface area contributed by atoms with E-state index < -0.39 is 6.10 Å². The number of aliphatic hydroxyl groups excluding tert-OH is 1. The van der Waals surface area contributed by atoms with E-state index in [0.717, 1.165) is 5.56 Å². The summed E-state index contributed by atoms with van der Waals surface area (Å²) in [5, 5.41) is 11.6. The fourth-order valence-corrected chi connectivity index (χ4v) is 2.33. The molecule has 2 aromatic carbocycles. The molecule has 1 heterocycles. The van der Waals surface area contributed by atoms with Crippen LogP contribution in [0.3, 0.4) is 0 Å². The van der Waals surface area contributed by atoms with Crippen LogP contribution < -0.4 is 0 Å². The first kappa shape index (κ1) is 11.9. The third kappa shape index (κ3) is 1.92. The fraction of sp³-hybridized carbons (Fsp3) is 0.125. The van der Waals surface area contributed by atoms with Crippen molar-refractivity contribution in [3.8, 4) is 0 Å². The Labute approximate surface area is 110 Å². The van der Waals surface area contributed by atoms with Gasteiger partial charge in [-0.15, -0.1) is 0 Å². The first-order valence-corrected chi connectivity index (χ1v) is 6.07. The molecule has 0 spiro atoms. The van der Waals surface area contributed by atoms with Gasteiger partial charge < -0.3 is 9.52 Å². The maximum absolute atomic E-state index is 13.7. The number of hydrogen-bond donors (Lipinski definition) is 1. The second kappa shape index (κ2) is 4.52. The van der Waals surface area contributed by atoms with Crippen LogP contribution in [0.1, 0.15) is 23.0 Å². The minimum atomic E-state index is -0.888. The molecule has 0 amide bonds. The van der Waals surface area contributed by atoms with Gasteiger partial charge in [0, 0.05) is 5.39 Å². The quantitative estimate of drug-likeness (QED) is 0.752. The van der Waals surface area contributed by atoms with Crippen molar-refractivity contribution in [1.29, 1.82) is 0 Å². The smallest absolute Gasteiger partial charge is 0.139 e. The second-order valence-corrected chi connectivity index (χ2v) is 4.55. The molecule has 0 saturated heterocycles. The number of aryl methyl sites for hydroxylation is 1. The van der Waals surface area contributed by atoms with Gasteiger partial charge in [-0.25, -0.2) is 4.39 Å². The third-order valence-electron chi connectivity index (χ3n) is 3.35. The van der Waals surface area contributed by atoms with Crippen molar-refractivity contribution in [2.45, 2.75) is 13.0 Å². The van der Waals surface area contributed by atoms with Crippen LogP contribution in [0, 0.1) is 12.7 Å². The van der Waals surface area contributed by atoms with Gasteiger partial charge in [-0.05, 0) is 35.6 Å². The number of furan rings is 1. The monoisotopic (exact) mass is 256 g/mol. The van der Waals surface area contributed by atoms with E-state index in [2.05, 4.69) is 0 Å². The molecule has 1 aromatic heterocycles. The zero-order valence-corrected chi connectivity index (χ0v) is 10.4. The lowest BCUT2D eigenvalue weighted by atomic mass is 9.97. The largest absolute Gasteiger partial charge is 0.466 e. The van der Waals surface area contributed by atoms with Crippen LogP contribution >= 0.6 is 0 Å². The van der Waals surface area contributed by atoms with E-state index in [0.29, 0.717) is 22.1 Å². The maximum atomic E-state index is 13.7. The van der Waals surface area contributed by atoms with Gasteiger partial charge >= 0.3 is 0 Å². The van der Waals surface area contributed by atoms with Gasteiger partial charge in [0.15, 0.2) is 0 Å². The van der Waals surface area contributed by atoms with E-state index in [1.807, 2.05) is 13.0 Å².